The second-order valence-corrected chi connectivity index (χ2v) is 6.18. The Bertz CT molecular complexity index is 537. The molecule has 2 aliphatic heterocycles. The summed E-state index contributed by atoms with van der Waals surface area (Å²) in [6, 6.07) is 9.34. The first-order valence-corrected chi connectivity index (χ1v) is 8.36. The van der Waals surface area contributed by atoms with Crippen LogP contribution >= 0.6 is 0 Å². The maximum atomic E-state index is 12.7. The molecule has 0 spiro atoms. The number of benzene rings is 1. The van der Waals surface area contributed by atoms with Crippen molar-refractivity contribution in [1.29, 1.82) is 0 Å². The lowest BCUT2D eigenvalue weighted by molar-refractivity contribution is -0.144. The van der Waals surface area contributed by atoms with Gasteiger partial charge in [0, 0.05) is 0 Å². The molecule has 6 heteroatoms. The molecule has 2 aliphatic rings. The van der Waals surface area contributed by atoms with Gasteiger partial charge in [-0.1, -0.05) is 30.3 Å². The van der Waals surface area contributed by atoms with Crippen molar-refractivity contribution in [1.82, 2.24) is 21.1 Å². The summed E-state index contributed by atoms with van der Waals surface area (Å²) in [6.45, 7) is 2.10. The molecule has 23 heavy (non-hydrogen) atoms. The van der Waals surface area contributed by atoms with Gasteiger partial charge in [-0.2, -0.15) is 0 Å². The van der Waals surface area contributed by atoms with E-state index < -0.39 is 0 Å². The summed E-state index contributed by atoms with van der Waals surface area (Å²) < 4.78 is 0. The van der Waals surface area contributed by atoms with Crippen LogP contribution in [-0.2, 0) is 16.1 Å². The van der Waals surface area contributed by atoms with Crippen molar-refractivity contribution >= 4 is 11.8 Å². The highest BCUT2D eigenvalue weighted by molar-refractivity contribution is 5.87. The summed E-state index contributed by atoms with van der Waals surface area (Å²) in [5.41, 5.74) is 3.83. The fourth-order valence-corrected chi connectivity index (χ4v) is 3.14. The van der Waals surface area contributed by atoms with Crippen LogP contribution in [0.2, 0.25) is 0 Å². The smallest absolute Gasteiger partial charge is 0.258 e. The van der Waals surface area contributed by atoms with Gasteiger partial charge in [-0.25, -0.2) is 5.01 Å². The van der Waals surface area contributed by atoms with Gasteiger partial charge in [-0.3, -0.25) is 15.0 Å². The summed E-state index contributed by atoms with van der Waals surface area (Å²) in [7, 11) is 0. The molecule has 2 amide bonds. The van der Waals surface area contributed by atoms with E-state index in [2.05, 4.69) is 16.1 Å². The molecule has 6 nitrogen and oxygen atoms in total. The Morgan fingerprint density at radius 3 is 2.30 bits per heavy atom. The number of hydrogen-bond acceptors (Lipinski definition) is 4. The Labute approximate surface area is 136 Å². The zero-order chi connectivity index (χ0) is 16.1. The number of hydrazine groups is 1. The molecule has 3 rings (SSSR count). The van der Waals surface area contributed by atoms with E-state index >= 15 is 0 Å². The minimum absolute atomic E-state index is 0.0577. The molecule has 1 aromatic carbocycles. The van der Waals surface area contributed by atoms with E-state index in [1.165, 1.54) is 5.01 Å². The number of rotatable bonds is 4. The zero-order valence-electron chi connectivity index (χ0n) is 13.3. The van der Waals surface area contributed by atoms with Crippen molar-refractivity contribution in [2.45, 2.75) is 44.3 Å². The molecule has 0 saturated carbocycles. The van der Waals surface area contributed by atoms with Crippen LogP contribution in [0.1, 0.15) is 31.2 Å². The van der Waals surface area contributed by atoms with Gasteiger partial charge < -0.3 is 10.6 Å². The minimum Gasteiger partial charge on any atom is -0.306 e. The Kier molecular flexibility index (Phi) is 5.25. The van der Waals surface area contributed by atoms with E-state index in [1.807, 2.05) is 30.3 Å². The van der Waals surface area contributed by atoms with Gasteiger partial charge in [-0.05, 0) is 44.3 Å². The quantitative estimate of drug-likeness (QED) is 0.709. The number of carbonyl (C=O) groups excluding carboxylic acids is 2. The first-order chi connectivity index (χ1) is 11.2. The van der Waals surface area contributed by atoms with Crippen molar-refractivity contribution in [2.24, 2.45) is 0 Å². The summed E-state index contributed by atoms with van der Waals surface area (Å²) in [6.07, 6.45) is 3.63. The second kappa shape index (κ2) is 7.57. The average Bonchev–Trinajstić information content (AvgIpc) is 3.27. The molecule has 124 valence electrons. The molecule has 2 heterocycles. The van der Waals surface area contributed by atoms with Crippen molar-refractivity contribution in [3.63, 3.8) is 0 Å². The molecule has 1 aromatic rings. The standard InChI is InChI=1S/C17H24N4O2/c22-16(14-8-4-10-18-14)20-21(12-13-6-2-1-3-7-13)17(23)15-9-5-11-19-15/h1-3,6-7,14-15,18-19H,4-5,8-12H2,(H,20,22)/t14-,15-/m0/s1. The highest BCUT2D eigenvalue weighted by Gasteiger charge is 2.30. The fraction of sp³-hybridized carbons (Fsp3) is 0.529. The van der Waals surface area contributed by atoms with E-state index in [0.717, 1.165) is 44.3 Å². The van der Waals surface area contributed by atoms with Crippen LogP contribution in [0.4, 0.5) is 0 Å². The molecule has 3 N–H and O–H groups in total. The Morgan fingerprint density at radius 1 is 1.04 bits per heavy atom. The number of nitrogens with zero attached hydrogens (tertiary/aromatic N) is 1. The van der Waals surface area contributed by atoms with Gasteiger partial charge in [0.05, 0.1) is 18.6 Å². The Hall–Kier alpha value is -1.92. The number of nitrogens with one attached hydrogen (secondary N) is 3. The van der Waals surface area contributed by atoms with Crippen molar-refractivity contribution in [3.05, 3.63) is 35.9 Å². The summed E-state index contributed by atoms with van der Waals surface area (Å²) in [5, 5.41) is 7.85. The highest BCUT2D eigenvalue weighted by atomic mass is 16.2. The van der Waals surface area contributed by atoms with Crippen molar-refractivity contribution in [2.75, 3.05) is 13.1 Å². The van der Waals surface area contributed by atoms with Crippen LogP contribution < -0.4 is 16.1 Å². The van der Waals surface area contributed by atoms with Crippen LogP contribution in [0.5, 0.6) is 0 Å². The first-order valence-electron chi connectivity index (χ1n) is 8.36. The molecule has 0 aromatic heterocycles. The van der Waals surface area contributed by atoms with Gasteiger partial charge in [0.25, 0.3) is 11.8 Å². The Balaban J connectivity index is 1.69. The maximum Gasteiger partial charge on any atom is 0.258 e. The van der Waals surface area contributed by atoms with Crippen LogP contribution in [0.3, 0.4) is 0 Å². The number of amides is 2. The molecule has 2 fully saturated rings. The van der Waals surface area contributed by atoms with E-state index in [9.17, 15) is 9.59 Å². The summed E-state index contributed by atoms with van der Waals surface area (Å²) in [4.78, 5) is 25.1. The predicted molar refractivity (Wildman–Crippen MR) is 87.2 cm³/mol. The van der Waals surface area contributed by atoms with Gasteiger partial charge in [0.15, 0.2) is 0 Å². The van der Waals surface area contributed by atoms with Crippen molar-refractivity contribution in [3.8, 4) is 0 Å². The van der Waals surface area contributed by atoms with Crippen LogP contribution in [0, 0.1) is 0 Å². The SMILES string of the molecule is O=C(NN(Cc1ccccc1)C(=O)[C@@H]1CCCN1)[C@@H]1CCCN1. The topological polar surface area (TPSA) is 73.5 Å². The number of hydrogen-bond donors (Lipinski definition) is 3. The molecule has 2 saturated heterocycles. The third kappa shape index (κ3) is 4.09. The first kappa shape index (κ1) is 16.0. The van der Waals surface area contributed by atoms with E-state index in [1.54, 1.807) is 0 Å². The highest BCUT2D eigenvalue weighted by Crippen LogP contribution is 2.12. The average molecular weight is 316 g/mol. The molecule has 0 radical (unpaired) electrons. The molecule has 0 unspecified atom stereocenters. The maximum absolute atomic E-state index is 12.7. The van der Waals surface area contributed by atoms with Crippen molar-refractivity contribution < 1.29 is 9.59 Å². The third-order valence-electron chi connectivity index (χ3n) is 4.43. The predicted octanol–water partition coefficient (Wildman–Crippen LogP) is 0.550. The van der Waals surface area contributed by atoms with Crippen LogP contribution in [0.25, 0.3) is 0 Å². The number of carbonyl (C=O) groups is 2. The Morgan fingerprint density at radius 2 is 1.70 bits per heavy atom. The lowest BCUT2D eigenvalue weighted by atomic mass is 10.2. The minimum atomic E-state index is -0.199. The van der Waals surface area contributed by atoms with E-state index in [-0.39, 0.29) is 23.9 Å². The fourth-order valence-electron chi connectivity index (χ4n) is 3.14. The summed E-state index contributed by atoms with van der Waals surface area (Å²) >= 11 is 0. The van der Waals surface area contributed by atoms with E-state index in [4.69, 9.17) is 0 Å². The molecule has 0 bridgehead atoms. The molecular weight excluding hydrogens is 292 g/mol. The molecular formula is C17H24N4O2. The van der Waals surface area contributed by atoms with Crippen LogP contribution in [0.15, 0.2) is 30.3 Å². The monoisotopic (exact) mass is 316 g/mol. The zero-order valence-corrected chi connectivity index (χ0v) is 13.3. The molecule has 0 aliphatic carbocycles. The largest absolute Gasteiger partial charge is 0.306 e. The van der Waals surface area contributed by atoms with Gasteiger partial charge in [0.2, 0.25) is 0 Å². The normalized spacial score (nSPS) is 23.7. The lowest BCUT2D eigenvalue weighted by Crippen LogP contribution is -2.55. The van der Waals surface area contributed by atoms with Crippen LogP contribution in [-0.4, -0.2) is 42.0 Å². The second-order valence-electron chi connectivity index (χ2n) is 6.18. The van der Waals surface area contributed by atoms with E-state index in [0.29, 0.717) is 6.54 Å². The molecule has 2 atom stereocenters. The lowest BCUT2D eigenvalue weighted by Gasteiger charge is -2.27. The van der Waals surface area contributed by atoms with Gasteiger partial charge in [-0.15, -0.1) is 0 Å². The third-order valence-corrected chi connectivity index (χ3v) is 4.43. The summed E-state index contributed by atoms with van der Waals surface area (Å²) in [5.74, 6) is -0.178. The van der Waals surface area contributed by atoms with Gasteiger partial charge in [0.1, 0.15) is 0 Å². The van der Waals surface area contributed by atoms with Gasteiger partial charge >= 0.3 is 0 Å².